The van der Waals surface area contributed by atoms with Gasteiger partial charge in [-0.25, -0.2) is 9.37 Å². The second-order valence-corrected chi connectivity index (χ2v) is 6.57. The highest BCUT2D eigenvalue weighted by Crippen LogP contribution is 2.18. The monoisotopic (exact) mass is 351 g/mol. The highest BCUT2D eigenvalue weighted by atomic mass is 19.1. The average Bonchev–Trinajstić information content (AvgIpc) is 3.10. The van der Waals surface area contributed by atoms with E-state index < -0.39 is 0 Å². The third-order valence-corrected chi connectivity index (χ3v) is 4.80. The number of nitrogens with one attached hydrogen (secondary N) is 1. The molecular formula is C20H18FN3O2. The number of halogens is 1. The standard InChI is InChI=1S/C20H18FN3O2/c1-12(13-4-7-15(21)8-5-13)22-19(25)14-6-9-16-17(11-14)23-18-3-2-10-24(18)20(16)26/h4-9,11-12H,2-3,10H2,1H3,(H,22,25)/t12-/m1/s1. The smallest absolute Gasteiger partial charge is 0.261 e. The number of aryl methyl sites for hydroxylation is 1. The topological polar surface area (TPSA) is 64.0 Å². The molecule has 1 amide bonds. The maximum Gasteiger partial charge on any atom is 0.261 e. The van der Waals surface area contributed by atoms with E-state index in [1.165, 1.54) is 12.1 Å². The van der Waals surface area contributed by atoms with Crippen LogP contribution in [0.5, 0.6) is 0 Å². The summed E-state index contributed by atoms with van der Waals surface area (Å²) < 4.78 is 14.7. The number of hydrogen-bond acceptors (Lipinski definition) is 3. The summed E-state index contributed by atoms with van der Waals surface area (Å²) in [4.78, 5) is 29.6. The Morgan fingerprint density at radius 3 is 2.77 bits per heavy atom. The van der Waals surface area contributed by atoms with Gasteiger partial charge in [0.25, 0.3) is 11.5 Å². The van der Waals surface area contributed by atoms with Gasteiger partial charge in [0, 0.05) is 18.5 Å². The van der Waals surface area contributed by atoms with Crippen LogP contribution in [0.15, 0.2) is 47.3 Å². The predicted octanol–water partition coefficient (Wildman–Crippen LogP) is 2.97. The summed E-state index contributed by atoms with van der Waals surface area (Å²) in [6.45, 7) is 2.54. The zero-order valence-electron chi connectivity index (χ0n) is 14.3. The highest BCUT2D eigenvalue weighted by Gasteiger charge is 2.18. The summed E-state index contributed by atoms with van der Waals surface area (Å²) in [5.41, 5.74) is 1.76. The first-order chi connectivity index (χ1) is 12.5. The minimum atomic E-state index is -0.313. The molecule has 2 aromatic carbocycles. The molecule has 0 unspecified atom stereocenters. The van der Waals surface area contributed by atoms with Crippen molar-refractivity contribution in [2.75, 3.05) is 0 Å². The summed E-state index contributed by atoms with van der Waals surface area (Å²) in [6.07, 6.45) is 1.70. The SMILES string of the molecule is C[C@@H](NC(=O)c1ccc2c(=O)n3c(nc2c1)CCC3)c1ccc(F)cc1. The van der Waals surface area contributed by atoms with E-state index in [0.29, 0.717) is 23.0 Å². The van der Waals surface area contributed by atoms with Crippen molar-refractivity contribution in [1.29, 1.82) is 0 Å². The number of hydrogen-bond donors (Lipinski definition) is 1. The normalized spacial score (nSPS) is 14.2. The van der Waals surface area contributed by atoms with Crippen molar-refractivity contribution < 1.29 is 9.18 Å². The van der Waals surface area contributed by atoms with Gasteiger partial charge >= 0.3 is 0 Å². The maximum atomic E-state index is 13.0. The van der Waals surface area contributed by atoms with Gasteiger partial charge < -0.3 is 5.32 Å². The number of nitrogens with zero attached hydrogens (tertiary/aromatic N) is 2. The number of carbonyl (C=O) groups is 1. The van der Waals surface area contributed by atoms with E-state index in [2.05, 4.69) is 10.3 Å². The van der Waals surface area contributed by atoms with Gasteiger partial charge in [0.1, 0.15) is 11.6 Å². The summed E-state index contributed by atoms with van der Waals surface area (Å²) in [6, 6.07) is 10.7. The van der Waals surface area contributed by atoms with Crippen molar-refractivity contribution in [2.45, 2.75) is 32.4 Å². The van der Waals surface area contributed by atoms with Crippen LogP contribution in [0, 0.1) is 5.82 Å². The molecule has 132 valence electrons. The maximum absolute atomic E-state index is 13.0. The van der Waals surface area contributed by atoms with E-state index in [4.69, 9.17) is 0 Å². The van der Waals surface area contributed by atoms with Crippen LogP contribution in [0.2, 0.25) is 0 Å². The zero-order chi connectivity index (χ0) is 18.3. The lowest BCUT2D eigenvalue weighted by Crippen LogP contribution is -2.27. The van der Waals surface area contributed by atoms with Crippen molar-refractivity contribution in [3.8, 4) is 0 Å². The van der Waals surface area contributed by atoms with Crippen LogP contribution in [0.3, 0.4) is 0 Å². The quantitative estimate of drug-likeness (QED) is 0.789. The molecule has 0 aliphatic carbocycles. The summed E-state index contributed by atoms with van der Waals surface area (Å²) in [5.74, 6) is 0.206. The summed E-state index contributed by atoms with van der Waals surface area (Å²) in [5, 5.41) is 3.42. The molecule has 0 saturated carbocycles. The molecule has 0 radical (unpaired) electrons. The van der Waals surface area contributed by atoms with Gasteiger partial charge in [-0.05, 0) is 49.2 Å². The molecule has 5 nitrogen and oxygen atoms in total. The third kappa shape index (κ3) is 2.87. The van der Waals surface area contributed by atoms with Gasteiger partial charge in [-0.15, -0.1) is 0 Å². The first-order valence-electron chi connectivity index (χ1n) is 8.63. The van der Waals surface area contributed by atoms with E-state index in [0.717, 1.165) is 24.2 Å². The largest absolute Gasteiger partial charge is 0.346 e. The molecule has 2 heterocycles. The number of carbonyl (C=O) groups excluding carboxylic acids is 1. The minimum Gasteiger partial charge on any atom is -0.346 e. The Labute approximate surface area is 149 Å². The van der Waals surface area contributed by atoms with Crippen molar-refractivity contribution in [1.82, 2.24) is 14.9 Å². The lowest BCUT2D eigenvalue weighted by atomic mass is 10.1. The number of benzene rings is 2. The second kappa shape index (κ2) is 6.37. The number of fused-ring (bicyclic) bond motifs is 2. The van der Waals surface area contributed by atoms with E-state index in [1.54, 1.807) is 34.9 Å². The van der Waals surface area contributed by atoms with E-state index >= 15 is 0 Å². The van der Waals surface area contributed by atoms with Crippen molar-refractivity contribution in [3.05, 3.63) is 75.6 Å². The molecule has 3 aromatic rings. The van der Waals surface area contributed by atoms with Gasteiger partial charge in [-0.2, -0.15) is 0 Å². The molecule has 0 bridgehead atoms. The van der Waals surface area contributed by atoms with Gasteiger partial charge in [-0.1, -0.05) is 12.1 Å². The van der Waals surface area contributed by atoms with Gasteiger partial charge in [0.05, 0.1) is 16.9 Å². The van der Waals surface area contributed by atoms with Crippen LogP contribution in [0.4, 0.5) is 4.39 Å². The van der Waals surface area contributed by atoms with Crippen LogP contribution in [0.25, 0.3) is 10.9 Å². The van der Waals surface area contributed by atoms with Gasteiger partial charge in [0.2, 0.25) is 0 Å². The van der Waals surface area contributed by atoms with Crippen LogP contribution < -0.4 is 10.9 Å². The van der Waals surface area contributed by atoms with Crippen LogP contribution >= 0.6 is 0 Å². The van der Waals surface area contributed by atoms with E-state index in [9.17, 15) is 14.0 Å². The number of aromatic nitrogens is 2. The van der Waals surface area contributed by atoms with Gasteiger partial charge in [0.15, 0.2) is 0 Å². The molecule has 1 aliphatic heterocycles. The Hall–Kier alpha value is -3.02. The molecule has 26 heavy (non-hydrogen) atoms. The molecule has 4 rings (SSSR count). The first kappa shape index (κ1) is 16.4. The Balaban J connectivity index is 1.62. The van der Waals surface area contributed by atoms with Crippen molar-refractivity contribution in [3.63, 3.8) is 0 Å². The third-order valence-electron chi connectivity index (χ3n) is 4.80. The predicted molar refractivity (Wildman–Crippen MR) is 96.6 cm³/mol. The summed E-state index contributed by atoms with van der Waals surface area (Å²) >= 11 is 0. The Morgan fingerprint density at radius 1 is 1.23 bits per heavy atom. The summed E-state index contributed by atoms with van der Waals surface area (Å²) in [7, 11) is 0. The molecule has 0 spiro atoms. The number of rotatable bonds is 3. The molecule has 0 fully saturated rings. The Kier molecular flexibility index (Phi) is 4.03. The fraction of sp³-hybridized carbons (Fsp3) is 0.250. The molecule has 1 aromatic heterocycles. The lowest BCUT2D eigenvalue weighted by Gasteiger charge is -2.14. The fourth-order valence-electron chi connectivity index (χ4n) is 3.34. The van der Waals surface area contributed by atoms with Crippen LogP contribution in [0.1, 0.15) is 41.1 Å². The van der Waals surface area contributed by atoms with Gasteiger partial charge in [-0.3, -0.25) is 14.2 Å². The zero-order valence-corrected chi connectivity index (χ0v) is 14.3. The van der Waals surface area contributed by atoms with Crippen molar-refractivity contribution >= 4 is 16.8 Å². The molecular weight excluding hydrogens is 333 g/mol. The lowest BCUT2D eigenvalue weighted by molar-refractivity contribution is 0.0940. The molecule has 1 N–H and O–H groups in total. The average molecular weight is 351 g/mol. The molecule has 6 heteroatoms. The molecule has 0 saturated heterocycles. The minimum absolute atomic E-state index is 0.0471. The second-order valence-electron chi connectivity index (χ2n) is 6.57. The Bertz CT molecular complexity index is 1060. The number of amides is 1. The molecule has 1 atom stereocenters. The fourth-order valence-corrected chi connectivity index (χ4v) is 3.34. The highest BCUT2D eigenvalue weighted by molar-refractivity contribution is 5.97. The Morgan fingerprint density at radius 2 is 2.00 bits per heavy atom. The van der Waals surface area contributed by atoms with Crippen LogP contribution in [-0.2, 0) is 13.0 Å². The van der Waals surface area contributed by atoms with E-state index in [-0.39, 0.29) is 23.3 Å². The molecule has 1 aliphatic rings. The van der Waals surface area contributed by atoms with Crippen molar-refractivity contribution in [2.24, 2.45) is 0 Å². The van der Waals surface area contributed by atoms with E-state index in [1.807, 2.05) is 6.92 Å². The first-order valence-corrected chi connectivity index (χ1v) is 8.63. The van der Waals surface area contributed by atoms with Crippen LogP contribution in [-0.4, -0.2) is 15.5 Å².